The number of aryl methyl sites for hydroxylation is 1. The van der Waals surface area contributed by atoms with Crippen molar-refractivity contribution in [2.24, 2.45) is 0 Å². The van der Waals surface area contributed by atoms with E-state index in [2.05, 4.69) is 16.5 Å². The minimum absolute atomic E-state index is 0.148. The Morgan fingerprint density at radius 2 is 2.09 bits per heavy atom. The van der Waals surface area contributed by atoms with E-state index in [9.17, 15) is 4.79 Å². The minimum Gasteiger partial charge on any atom is -0.289 e. The van der Waals surface area contributed by atoms with Crippen LogP contribution < -0.4 is 0 Å². The number of aromatic nitrogens is 2. The minimum atomic E-state index is -0.148. The second kappa shape index (κ2) is 3.05. The highest BCUT2D eigenvalue weighted by atomic mass is 16.1. The fourth-order valence-corrected chi connectivity index (χ4v) is 0.638. The molecule has 1 aromatic rings. The van der Waals surface area contributed by atoms with Crippen molar-refractivity contribution in [3.8, 4) is 0 Å². The van der Waals surface area contributed by atoms with Crippen LogP contribution in [0.15, 0.2) is 25.0 Å². The maximum absolute atomic E-state index is 10.9. The Morgan fingerprint density at radius 3 is 2.55 bits per heavy atom. The number of rotatable bonds is 2. The molecule has 0 amide bonds. The monoisotopic (exact) mass is 148 g/mol. The van der Waals surface area contributed by atoms with Crippen molar-refractivity contribution in [2.75, 3.05) is 0 Å². The highest BCUT2D eigenvalue weighted by Crippen LogP contribution is 1.96. The van der Waals surface area contributed by atoms with Crippen LogP contribution in [0.3, 0.4) is 0 Å². The molecule has 0 radical (unpaired) electrons. The van der Waals surface area contributed by atoms with Crippen molar-refractivity contribution < 1.29 is 4.79 Å². The summed E-state index contributed by atoms with van der Waals surface area (Å²) >= 11 is 0. The number of nitrogens with zero attached hydrogens (tertiary/aromatic N) is 2. The lowest BCUT2D eigenvalue weighted by molar-refractivity contribution is 0.104. The fraction of sp³-hybridized carbons (Fsp3) is 0.125. The number of hydrogen-bond donors (Lipinski definition) is 0. The van der Waals surface area contributed by atoms with Gasteiger partial charge in [-0.25, -0.2) is 9.97 Å². The molecule has 1 rings (SSSR count). The van der Waals surface area contributed by atoms with Crippen LogP contribution in [0.2, 0.25) is 0 Å². The Kier molecular flexibility index (Phi) is 2.11. The average molecular weight is 148 g/mol. The van der Waals surface area contributed by atoms with Crippen LogP contribution in [0.5, 0.6) is 0 Å². The molecule has 0 unspecified atom stereocenters. The second-order valence-corrected chi connectivity index (χ2v) is 2.09. The van der Waals surface area contributed by atoms with Crippen LogP contribution in [0.25, 0.3) is 0 Å². The molecule has 0 aromatic carbocycles. The quantitative estimate of drug-likeness (QED) is 0.466. The zero-order valence-electron chi connectivity index (χ0n) is 6.24. The van der Waals surface area contributed by atoms with Crippen LogP contribution in [0.1, 0.15) is 16.2 Å². The van der Waals surface area contributed by atoms with Crippen molar-refractivity contribution in [1.82, 2.24) is 9.97 Å². The highest BCUT2D eigenvalue weighted by molar-refractivity contribution is 6.03. The van der Waals surface area contributed by atoms with Gasteiger partial charge < -0.3 is 0 Å². The lowest BCUT2D eigenvalue weighted by atomic mass is 10.2. The third-order valence-corrected chi connectivity index (χ3v) is 1.25. The number of hydrogen-bond acceptors (Lipinski definition) is 3. The maximum Gasteiger partial charge on any atom is 0.188 e. The molecule has 0 fully saturated rings. The maximum atomic E-state index is 10.9. The molecule has 11 heavy (non-hydrogen) atoms. The molecule has 1 aromatic heterocycles. The van der Waals surface area contributed by atoms with Gasteiger partial charge in [-0.2, -0.15) is 0 Å². The predicted octanol–water partition coefficient (Wildman–Crippen LogP) is 1.15. The number of carbonyl (C=O) groups excluding carboxylic acids is 1. The summed E-state index contributed by atoms with van der Waals surface area (Å²) in [6.07, 6.45) is 4.23. The van der Waals surface area contributed by atoms with Gasteiger partial charge in [0.05, 0.1) is 5.56 Å². The van der Waals surface area contributed by atoms with Gasteiger partial charge >= 0.3 is 0 Å². The first-order valence-electron chi connectivity index (χ1n) is 3.19. The lowest BCUT2D eigenvalue weighted by Crippen LogP contribution is -1.97. The van der Waals surface area contributed by atoms with Crippen molar-refractivity contribution in [3.63, 3.8) is 0 Å². The topological polar surface area (TPSA) is 42.9 Å². The molecule has 0 spiro atoms. The fourth-order valence-electron chi connectivity index (χ4n) is 0.638. The second-order valence-electron chi connectivity index (χ2n) is 2.09. The molecule has 0 aliphatic carbocycles. The van der Waals surface area contributed by atoms with Gasteiger partial charge in [0.1, 0.15) is 5.82 Å². The number of carbonyl (C=O) groups is 1. The zero-order chi connectivity index (χ0) is 8.27. The van der Waals surface area contributed by atoms with Gasteiger partial charge in [-0.3, -0.25) is 4.79 Å². The van der Waals surface area contributed by atoms with Crippen molar-refractivity contribution in [3.05, 3.63) is 36.4 Å². The van der Waals surface area contributed by atoms with E-state index in [1.807, 2.05) is 0 Å². The molecule has 0 N–H and O–H groups in total. The lowest BCUT2D eigenvalue weighted by Gasteiger charge is -1.93. The van der Waals surface area contributed by atoms with Crippen LogP contribution >= 0.6 is 0 Å². The van der Waals surface area contributed by atoms with E-state index in [4.69, 9.17) is 0 Å². The van der Waals surface area contributed by atoms with Crippen molar-refractivity contribution in [2.45, 2.75) is 6.92 Å². The van der Waals surface area contributed by atoms with E-state index in [-0.39, 0.29) is 5.78 Å². The Bertz CT molecular complexity index is 277. The van der Waals surface area contributed by atoms with E-state index in [0.717, 1.165) is 0 Å². The third-order valence-electron chi connectivity index (χ3n) is 1.25. The summed E-state index contributed by atoms with van der Waals surface area (Å²) in [5, 5.41) is 0. The van der Waals surface area contributed by atoms with E-state index in [1.54, 1.807) is 6.92 Å². The van der Waals surface area contributed by atoms with Gasteiger partial charge in [0.25, 0.3) is 0 Å². The molecule has 0 atom stereocenters. The standard InChI is InChI=1S/C8H8N2O/c1-3-8(11)7-4-9-6(2)10-5-7/h3-5H,1H2,2H3. The summed E-state index contributed by atoms with van der Waals surface area (Å²) in [5.74, 6) is 0.510. The Hall–Kier alpha value is -1.51. The first-order valence-corrected chi connectivity index (χ1v) is 3.19. The van der Waals surface area contributed by atoms with Gasteiger partial charge in [-0.05, 0) is 13.0 Å². The van der Waals surface area contributed by atoms with Crippen molar-refractivity contribution >= 4 is 5.78 Å². The largest absolute Gasteiger partial charge is 0.289 e. The molecular weight excluding hydrogens is 140 g/mol. The van der Waals surface area contributed by atoms with Gasteiger partial charge in [-0.1, -0.05) is 6.58 Å². The zero-order valence-corrected chi connectivity index (χ0v) is 6.24. The molecule has 0 aliphatic heterocycles. The molecule has 1 heterocycles. The molecule has 0 saturated heterocycles. The van der Waals surface area contributed by atoms with E-state index < -0.39 is 0 Å². The Morgan fingerprint density at radius 1 is 1.55 bits per heavy atom. The van der Waals surface area contributed by atoms with Gasteiger partial charge in [0, 0.05) is 12.4 Å². The first-order chi connectivity index (χ1) is 5.24. The number of allylic oxidation sites excluding steroid dienone is 1. The molecule has 56 valence electrons. The Balaban J connectivity index is 2.98. The third kappa shape index (κ3) is 1.70. The summed E-state index contributed by atoms with van der Waals surface area (Å²) < 4.78 is 0. The smallest absolute Gasteiger partial charge is 0.188 e. The Labute approximate surface area is 64.8 Å². The van der Waals surface area contributed by atoms with Gasteiger partial charge in [-0.15, -0.1) is 0 Å². The van der Waals surface area contributed by atoms with E-state index in [1.165, 1.54) is 18.5 Å². The van der Waals surface area contributed by atoms with Gasteiger partial charge in [0.15, 0.2) is 5.78 Å². The van der Waals surface area contributed by atoms with Crippen LogP contribution in [0, 0.1) is 6.92 Å². The summed E-state index contributed by atoms with van der Waals surface area (Å²) in [6.45, 7) is 5.12. The van der Waals surface area contributed by atoms with Crippen LogP contribution in [-0.4, -0.2) is 15.8 Å². The molecular formula is C8H8N2O. The number of ketones is 1. The summed E-state index contributed by atoms with van der Waals surface area (Å²) in [4.78, 5) is 18.7. The summed E-state index contributed by atoms with van der Waals surface area (Å²) in [7, 11) is 0. The van der Waals surface area contributed by atoms with Gasteiger partial charge in [0.2, 0.25) is 0 Å². The predicted molar refractivity (Wildman–Crippen MR) is 41.3 cm³/mol. The average Bonchev–Trinajstić information content (AvgIpc) is 2.05. The molecule has 0 saturated carbocycles. The first kappa shape index (κ1) is 7.60. The normalized spacial score (nSPS) is 9.18. The molecule has 0 aliphatic rings. The van der Waals surface area contributed by atoms with E-state index >= 15 is 0 Å². The molecule has 3 nitrogen and oxygen atoms in total. The van der Waals surface area contributed by atoms with Crippen LogP contribution in [0.4, 0.5) is 0 Å². The molecule has 0 bridgehead atoms. The van der Waals surface area contributed by atoms with Crippen molar-refractivity contribution in [1.29, 1.82) is 0 Å². The molecule has 3 heteroatoms. The van der Waals surface area contributed by atoms with E-state index in [0.29, 0.717) is 11.4 Å². The van der Waals surface area contributed by atoms with Crippen LogP contribution in [-0.2, 0) is 0 Å². The summed E-state index contributed by atoms with van der Waals surface area (Å²) in [5.41, 5.74) is 0.477. The SMILES string of the molecule is C=CC(=O)c1cnc(C)nc1. The summed E-state index contributed by atoms with van der Waals surface area (Å²) in [6, 6.07) is 0. The highest BCUT2D eigenvalue weighted by Gasteiger charge is 1.99.